The summed E-state index contributed by atoms with van der Waals surface area (Å²) in [4.78, 5) is 41.5. The minimum atomic E-state index is -0.998. The number of nitrogens with one attached hydrogen (secondary N) is 3. The second-order valence-corrected chi connectivity index (χ2v) is 7.37. The monoisotopic (exact) mass is 418 g/mol. The van der Waals surface area contributed by atoms with Crippen molar-refractivity contribution < 1.29 is 14.3 Å². The smallest absolute Gasteiger partial charge is 0.338 e. The van der Waals surface area contributed by atoms with Crippen LogP contribution in [0, 0.1) is 13.8 Å². The highest BCUT2D eigenvalue weighted by molar-refractivity contribution is 5.98. The van der Waals surface area contributed by atoms with Crippen LogP contribution < -0.4 is 11.0 Å². The lowest BCUT2D eigenvalue weighted by Crippen LogP contribution is -2.30. The number of aryl methyl sites for hydroxylation is 2. The molecule has 2 aromatic heterocycles. The Hall–Kier alpha value is -4.07. The van der Waals surface area contributed by atoms with Crippen molar-refractivity contribution in [2.24, 2.45) is 0 Å². The fraction of sp³-hybridized carbons (Fsp3) is 0.174. The van der Waals surface area contributed by atoms with Crippen molar-refractivity contribution in [2.75, 3.05) is 5.32 Å². The molecule has 8 nitrogen and oxygen atoms in total. The number of anilines is 1. The van der Waals surface area contributed by atoms with Crippen molar-refractivity contribution in [3.63, 3.8) is 0 Å². The number of carbonyl (C=O) groups excluding carboxylic acids is 2. The van der Waals surface area contributed by atoms with E-state index in [0.29, 0.717) is 22.3 Å². The van der Waals surface area contributed by atoms with Gasteiger partial charge in [-0.3, -0.25) is 4.79 Å². The Bertz CT molecular complexity index is 1310. The lowest BCUT2D eigenvalue weighted by atomic mass is 10.2. The fourth-order valence-corrected chi connectivity index (χ4v) is 3.46. The van der Waals surface area contributed by atoms with E-state index in [-0.39, 0.29) is 5.69 Å². The lowest BCUT2D eigenvalue weighted by Gasteiger charge is -2.14. The highest BCUT2D eigenvalue weighted by atomic mass is 16.5. The molecule has 0 bridgehead atoms. The summed E-state index contributed by atoms with van der Waals surface area (Å²) in [6, 6.07) is 16.1. The average molecular weight is 418 g/mol. The Morgan fingerprint density at radius 2 is 1.58 bits per heavy atom. The van der Waals surface area contributed by atoms with Crippen LogP contribution in [0.25, 0.3) is 16.7 Å². The molecule has 0 fully saturated rings. The lowest BCUT2D eigenvalue weighted by molar-refractivity contribution is -0.123. The van der Waals surface area contributed by atoms with E-state index < -0.39 is 18.0 Å². The molecular weight excluding hydrogens is 396 g/mol. The topological polar surface area (TPSA) is 109 Å². The molecule has 8 heteroatoms. The number of H-pyrrole nitrogens is 2. The summed E-state index contributed by atoms with van der Waals surface area (Å²) >= 11 is 0. The number of ether oxygens (including phenoxy) is 1. The Morgan fingerprint density at radius 1 is 0.935 bits per heavy atom. The van der Waals surface area contributed by atoms with Gasteiger partial charge in [0.1, 0.15) is 0 Å². The van der Waals surface area contributed by atoms with E-state index in [9.17, 15) is 14.4 Å². The summed E-state index contributed by atoms with van der Waals surface area (Å²) in [6.07, 6.45) is -0.998. The van der Waals surface area contributed by atoms with Crippen LogP contribution in [0.5, 0.6) is 0 Å². The van der Waals surface area contributed by atoms with E-state index in [0.717, 1.165) is 17.1 Å². The molecule has 2 heterocycles. The minimum Gasteiger partial charge on any atom is -0.449 e. The van der Waals surface area contributed by atoms with Crippen LogP contribution >= 0.6 is 0 Å². The van der Waals surface area contributed by atoms with E-state index >= 15 is 0 Å². The van der Waals surface area contributed by atoms with Gasteiger partial charge in [-0.05, 0) is 75.4 Å². The van der Waals surface area contributed by atoms with Crippen LogP contribution in [0.3, 0.4) is 0 Å². The van der Waals surface area contributed by atoms with Crippen molar-refractivity contribution in [3.05, 3.63) is 82.0 Å². The Labute approximate surface area is 177 Å². The number of hydrogen-bond donors (Lipinski definition) is 3. The van der Waals surface area contributed by atoms with E-state index in [1.807, 2.05) is 38.1 Å². The van der Waals surface area contributed by atoms with Gasteiger partial charge in [-0.2, -0.15) is 0 Å². The molecule has 3 N–H and O–H groups in total. The summed E-state index contributed by atoms with van der Waals surface area (Å²) in [5.74, 6) is -1.05. The van der Waals surface area contributed by atoms with Crippen LogP contribution in [0.2, 0.25) is 0 Å². The molecule has 0 spiro atoms. The second-order valence-electron chi connectivity index (χ2n) is 7.37. The number of nitrogens with zero attached hydrogens (tertiary/aromatic N) is 1. The quantitative estimate of drug-likeness (QED) is 0.431. The van der Waals surface area contributed by atoms with E-state index in [2.05, 4.69) is 19.9 Å². The highest BCUT2D eigenvalue weighted by Gasteiger charge is 2.19. The first kappa shape index (κ1) is 20.2. The molecule has 0 unspecified atom stereocenters. The standard InChI is InChI=1S/C23H22N4O4/c1-13-4-5-14(2)27(13)18-9-6-16(7-10-18)22(29)31-15(3)21(28)24-17-8-11-19-20(12-17)26-23(30)25-19/h4-12,15H,1-3H3,(H,24,28)(H2,25,26,30)/t15-/m0/s1. The number of fused-ring (bicyclic) bond motifs is 1. The molecule has 1 amide bonds. The number of aromatic amines is 2. The van der Waals surface area contributed by atoms with Crippen LogP contribution in [-0.4, -0.2) is 32.5 Å². The molecule has 4 aromatic rings. The Balaban J connectivity index is 1.41. The van der Waals surface area contributed by atoms with Crippen LogP contribution in [-0.2, 0) is 9.53 Å². The number of carbonyl (C=O) groups is 2. The molecule has 0 aliphatic rings. The fourth-order valence-electron chi connectivity index (χ4n) is 3.46. The molecule has 4 rings (SSSR count). The third kappa shape index (κ3) is 4.13. The maximum Gasteiger partial charge on any atom is 0.338 e. The molecule has 31 heavy (non-hydrogen) atoms. The van der Waals surface area contributed by atoms with Gasteiger partial charge in [-0.1, -0.05) is 0 Å². The Morgan fingerprint density at radius 3 is 2.26 bits per heavy atom. The molecule has 2 aromatic carbocycles. The summed E-state index contributed by atoms with van der Waals surface area (Å²) in [5, 5.41) is 2.68. The van der Waals surface area contributed by atoms with Crippen LogP contribution in [0.4, 0.5) is 5.69 Å². The molecule has 0 radical (unpaired) electrons. The third-order valence-corrected chi connectivity index (χ3v) is 5.07. The van der Waals surface area contributed by atoms with Gasteiger partial charge in [0, 0.05) is 22.8 Å². The molecule has 0 saturated carbocycles. The molecule has 158 valence electrons. The number of hydrogen-bond acceptors (Lipinski definition) is 4. The Kier molecular flexibility index (Phi) is 5.21. The number of rotatable bonds is 5. The van der Waals surface area contributed by atoms with Gasteiger partial charge < -0.3 is 24.6 Å². The zero-order chi connectivity index (χ0) is 22.1. The summed E-state index contributed by atoms with van der Waals surface area (Å²) < 4.78 is 7.40. The van der Waals surface area contributed by atoms with Gasteiger partial charge in [0.25, 0.3) is 5.91 Å². The van der Waals surface area contributed by atoms with Gasteiger partial charge in [-0.25, -0.2) is 9.59 Å². The predicted octanol–water partition coefficient (Wildman–Crippen LogP) is 3.45. The molecule has 0 aliphatic carbocycles. The molecule has 1 atom stereocenters. The number of aromatic nitrogens is 3. The van der Waals surface area contributed by atoms with Crippen LogP contribution in [0.15, 0.2) is 59.4 Å². The molecular formula is C23H22N4O4. The normalized spacial score (nSPS) is 12.0. The van der Waals surface area contributed by atoms with E-state index in [1.54, 1.807) is 30.3 Å². The average Bonchev–Trinajstić information content (AvgIpc) is 3.28. The second kappa shape index (κ2) is 7.98. The highest BCUT2D eigenvalue weighted by Crippen LogP contribution is 2.18. The van der Waals surface area contributed by atoms with E-state index in [4.69, 9.17) is 4.74 Å². The van der Waals surface area contributed by atoms with Gasteiger partial charge in [0.2, 0.25) is 0 Å². The summed E-state index contributed by atoms with van der Waals surface area (Å²) in [5.41, 5.74) is 4.86. The maximum atomic E-state index is 12.5. The first-order valence-electron chi connectivity index (χ1n) is 9.81. The van der Waals surface area contributed by atoms with Gasteiger partial charge in [0.05, 0.1) is 16.6 Å². The number of amides is 1. The molecule has 0 aliphatic heterocycles. The van der Waals surface area contributed by atoms with Gasteiger partial charge in [0.15, 0.2) is 6.10 Å². The maximum absolute atomic E-state index is 12.5. The number of imidazole rings is 1. The SMILES string of the molecule is Cc1ccc(C)n1-c1ccc(C(=O)O[C@@H](C)C(=O)Nc2ccc3[nH]c(=O)[nH]c3c2)cc1. The van der Waals surface area contributed by atoms with Crippen molar-refractivity contribution >= 4 is 28.6 Å². The number of esters is 1. The first-order chi connectivity index (χ1) is 14.8. The first-order valence-corrected chi connectivity index (χ1v) is 9.81. The summed E-state index contributed by atoms with van der Waals surface area (Å²) in [7, 11) is 0. The van der Waals surface area contributed by atoms with E-state index in [1.165, 1.54) is 6.92 Å². The summed E-state index contributed by atoms with van der Waals surface area (Å²) in [6.45, 7) is 5.53. The van der Waals surface area contributed by atoms with Crippen molar-refractivity contribution in [1.82, 2.24) is 14.5 Å². The van der Waals surface area contributed by atoms with Crippen LogP contribution in [0.1, 0.15) is 28.7 Å². The van der Waals surface area contributed by atoms with Crippen molar-refractivity contribution in [2.45, 2.75) is 26.9 Å². The minimum absolute atomic E-state index is 0.325. The van der Waals surface area contributed by atoms with Gasteiger partial charge >= 0.3 is 11.7 Å². The predicted molar refractivity (Wildman–Crippen MR) is 118 cm³/mol. The zero-order valence-corrected chi connectivity index (χ0v) is 17.4. The largest absolute Gasteiger partial charge is 0.449 e. The zero-order valence-electron chi connectivity index (χ0n) is 17.4. The van der Waals surface area contributed by atoms with Crippen molar-refractivity contribution in [1.29, 1.82) is 0 Å². The van der Waals surface area contributed by atoms with Gasteiger partial charge in [-0.15, -0.1) is 0 Å². The van der Waals surface area contributed by atoms with Crippen molar-refractivity contribution in [3.8, 4) is 5.69 Å². The number of benzene rings is 2. The third-order valence-electron chi connectivity index (χ3n) is 5.07. The molecule has 0 saturated heterocycles.